The van der Waals surface area contributed by atoms with Gasteiger partial charge in [0.05, 0.1) is 13.2 Å². The quantitative estimate of drug-likeness (QED) is 0.526. The van der Waals surface area contributed by atoms with Gasteiger partial charge < -0.3 is 14.0 Å². The molecule has 2 aromatic heterocycles. The van der Waals surface area contributed by atoms with Gasteiger partial charge in [-0.2, -0.15) is 0 Å². The molecule has 3 heterocycles. The van der Waals surface area contributed by atoms with Crippen molar-refractivity contribution < 1.29 is 14.3 Å². The van der Waals surface area contributed by atoms with Crippen LogP contribution in [0.2, 0.25) is 5.02 Å². The van der Waals surface area contributed by atoms with Gasteiger partial charge in [-0.15, -0.1) is 0 Å². The van der Waals surface area contributed by atoms with E-state index in [-0.39, 0.29) is 0 Å². The second-order valence-corrected chi connectivity index (χ2v) is 6.58. The number of amides is 1. The Labute approximate surface area is 155 Å². The van der Waals surface area contributed by atoms with Crippen molar-refractivity contribution in [3.05, 3.63) is 65.4 Å². The largest absolute Gasteiger partial charge is 0.378 e. The Balaban J connectivity index is 1.82. The van der Waals surface area contributed by atoms with Gasteiger partial charge >= 0.3 is 0 Å². The van der Waals surface area contributed by atoms with Crippen LogP contribution < -0.4 is 0 Å². The molecule has 3 aromatic rings. The third-order valence-corrected chi connectivity index (χ3v) is 4.79. The molecule has 1 fully saturated rings. The van der Waals surface area contributed by atoms with Gasteiger partial charge in [0.15, 0.2) is 0 Å². The van der Waals surface area contributed by atoms with Crippen LogP contribution in [0, 0.1) is 0 Å². The summed E-state index contributed by atoms with van der Waals surface area (Å²) in [6.45, 7) is 1.78. The van der Waals surface area contributed by atoms with Gasteiger partial charge in [0.2, 0.25) is 0 Å². The number of ketones is 1. The summed E-state index contributed by atoms with van der Waals surface area (Å²) < 4.78 is 7.04. The SMILES string of the molecule is O=C(C(=O)N1CCOCC1)c1c(-c2ccc(Cl)cc2)cc2ccccn12. The molecule has 4 rings (SSSR count). The van der Waals surface area contributed by atoms with E-state index in [1.807, 2.05) is 36.4 Å². The summed E-state index contributed by atoms with van der Waals surface area (Å²) in [7, 11) is 0. The zero-order valence-electron chi connectivity index (χ0n) is 14.0. The molecule has 5 nitrogen and oxygen atoms in total. The van der Waals surface area contributed by atoms with Crippen LogP contribution >= 0.6 is 11.6 Å². The van der Waals surface area contributed by atoms with Crippen molar-refractivity contribution in [1.29, 1.82) is 0 Å². The van der Waals surface area contributed by atoms with Gasteiger partial charge in [0, 0.05) is 35.4 Å². The predicted molar refractivity (Wildman–Crippen MR) is 99.6 cm³/mol. The smallest absolute Gasteiger partial charge is 0.296 e. The number of ether oxygens (including phenoxy) is 1. The van der Waals surface area contributed by atoms with Crippen LogP contribution in [-0.2, 0) is 9.53 Å². The fourth-order valence-corrected chi connectivity index (χ4v) is 3.34. The summed E-state index contributed by atoms with van der Waals surface area (Å²) in [5.41, 5.74) is 2.80. The van der Waals surface area contributed by atoms with E-state index in [0.29, 0.717) is 37.0 Å². The summed E-state index contributed by atoms with van der Waals surface area (Å²) in [4.78, 5) is 27.4. The van der Waals surface area contributed by atoms with Crippen LogP contribution in [0.5, 0.6) is 0 Å². The lowest BCUT2D eigenvalue weighted by Gasteiger charge is -2.26. The Hall–Kier alpha value is -2.63. The highest BCUT2D eigenvalue weighted by molar-refractivity contribution is 6.43. The maximum atomic E-state index is 13.1. The molecule has 26 heavy (non-hydrogen) atoms. The lowest BCUT2D eigenvalue weighted by atomic mass is 10.0. The third kappa shape index (κ3) is 3.00. The van der Waals surface area contributed by atoms with Crippen LogP contribution in [0.3, 0.4) is 0 Å². The molecular weight excluding hydrogens is 352 g/mol. The number of rotatable bonds is 3. The fraction of sp³-hybridized carbons (Fsp3) is 0.200. The number of hydrogen-bond donors (Lipinski definition) is 0. The molecular formula is C20H17ClN2O3. The minimum Gasteiger partial charge on any atom is -0.378 e. The summed E-state index contributed by atoms with van der Waals surface area (Å²) in [6.07, 6.45) is 1.80. The van der Waals surface area contributed by atoms with E-state index in [1.54, 1.807) is 27.6 Å². The molecule has 0 radical (unpaired) electrons. The maximum absolute atomic E-state index is 13.1. The summed E-state index contributed by atoms with van der Waals surface area (Å²) >= 11 is 5.99. The normalized spacial score (nSPS) is 14.6. The third-order valence-electron chi connectivity index (χ3n) is 4.54. The zero-order valence-corrected chi connectivity index (χ0v) is 14.8. The first kappa shape index (κ1) is 16.8. The number of Topliss-reactive ketones (excluding diaryl/α,β-unsaturated/α-hetero) is 1. The van der Waals surface area contributed by atoms with Crippen LogP contribution in [0.4, 0.5) is 0 Å². The Morgan fingerprint density at radius 3 is 2.46 bits per heavy atom. The molecule has 0 saturated carbocycles. The van der Waals surface area contributed by atoms with E-state index in [9.17, 15) is 9.59 Å². The predicted octanol–water partition coefficient (Wildman–Crippen LogP) is 3.30. The topological polar surface area (TPSA) is 51.0 Å². The molecule has 0 spiro atoms. The van der Waals surface area contributed by atoms with Crippen molar-refractivity contribution in [2.75, 3.05) is 26.3 Å². The number of nitrogens with zero attached hydrogens (tertiary/aromatic N) is 2. The number of hydrogen-bond acceptors (Lipinski definition) is 3. The van der Waals surface area contributed by atoms with E-state index in [2.05, 4.69) is 0 Å². The highest BCUT2D eigenvalue weighted by atomic mass is 35.5. The minimum atomic E-state index is -0.511. The molecule has 1 amide bonds. The van der Waals surface area contributed by atoms with Crippen molar-refractivity contribution >= 4 is 28.8 Å². The molecule has 0 atom stereocenters. The number of halogens is 1. The van der Waals surface area contributed by atoms with Crippen LogP contribution in [0.15, 0.2) is 54.7 Å². The second kappa shape index (κ2) is 6.94. The van der Waals surface area contributed by atoms with E-state index in [1.165, 1.54) is 0 Å². The van der Waals surface area contributed by atoms with Crippen molar-refractivity contribution in [2.24, 2.45) is 0 Å². The van der Waals surface area contributed by atoms with E-state index < -0.39 is 11.7 Å². The number of morpholine rings is 1. The Morgan fingerprint density at radius 1 is 1.00 bits per heavy atom. The first-order valence-electron chi connectivity index (χ1n) is 8.42. The Morgan fingerprint density at radius 2 is 1.73 bits per heavy atom. The molecule has 132 valence electrons. The van der Waals surface area contributed by atoms with E-state index in [0.717, 1.165) is 16.6 Å². The van der Waals surface area contributed by atoms with E-state index >= 15 is 0 Å². The monoisotopic (exact) mass is 368 g/mol. The molecule has 0 bridgehead atoms. The van der Waals surface area contributed by atoms with Gasteiger partial charge in [0.1, 0.15) is 5.69 Å². The summed E-state index contributed by atoms with van der Waals surface area (Å²) in [6, 6.07) is 14.8. The highest BCUT2D eigenvalue weighted by Gasteiger charge is 2.29. The van der Waals surface area contributed by atoms with Crippen molar-refractivity contribution in [1.82, 2.24) is 9.30 Å². The molecule has 1 aliphatic heterocycles. The van der Waals surface area contributed by atoms with Crippen molar-refractivity contribution in [3.8, 4) is 11.1 Å². The second-order valence-electron chi connectivity index (χ2n) is 6.14. The number of aromatic nitrogens is 1. The van der Waals surface area contributed by atoms with Crippen LogP contribution in [0.25, 0.3) is 16.6 Å². The number of carbonyl (C=O) groups is 2. The standard InChI is InChI=1S/C20H17ClN2O3/c21-15-6-4-14(5-7-15)17-13-16-3-1-2-8-23(16)18(17)19(24)20(25)22-9-11-26-12-10-22/h1-8,13H,9-12H2. The highest BCUT2D eigenvalue weighted by Crippen LogP contribution is 2.29. The molecule has 1 saturated heterocycles. The van der Waals surface area contributed by atoms with Gasteiger partial charge in [-0.25, -0.2) is 0 Å². The Kier molecular flexibility index (Phi) is 4.49. The first-order valence-corrected chi connectivity index (χ1v) is 8.80. The van der Waals surface area contributed by atoms with Gasteiger partial charge in [-0.1, -0.05) is 29.8 Å². The number of carbonyl (C=O) groups excluding carboxylic acids is 2. The van der Waals surface area contributed by atoms with E-state index in [4.69, 9.17) is 16.3 Å². The molecule has 6 heteroatoms. The lowest BCUT2D eigenvalue weighted by Crippen LogP contribution is -2.44. The van der Waals surface area contributed by atoms with Crippen LogP contribution in [0.1, 0.15) is 10.5 Å². The fourth-order valence-electron chi connectivity index (χ4n) is 3.22. The first-order chi connectivity index (χ1) is 12.6. The molecule has 0 N–H and O–H groups in total. The van der Waals surface area contributed by atoms with Crippen molar-refractivity contribution in [2.45, 2.75) is 0 Å². The summed E-state index contributed by atoms with van der Waals surface area (Å²) in [5.74, 6) is -1.00. The molecule has 1 aliphatic rings. The van der Waals surface area contributed by atoms with Gasteiger partial charge in [-0.05, 0) is 35.9 Å². The van der Waals surface area contributed by atoms with Crippen molar-refractivity contribution in [3.63, 3.8) is 0 Å². The minimum absolute atomic E-state index is 0.374. The van der Waals surface area contributed by atoms with Crippen LogP contribution in [-0.4, -0.2) is 47.3 Å². The lowest BCUT2D eigenvalue weighted by molar-refractivity contribution is -0.130. The number of pyridine rings is 1. The maximum Gasteiger partial charge on any atom is 0.296 e. The number of fused-ring (bicyclic) bond motifs is 1. The zero-order chi connectivity index (χ0) is 18.1. The Bertz CT molecular complexity index is 972. The molecule has 0 unspecified atom stereocenters. The molecule has 0 aliphatic carbocycles. The van der Waals surface area contributed by atoms with Gasteiger partial charge in [0.25, 0.3) is 11.7 Å². The van der Waals surface area contributed by atoms with Gasteiger partial charge in [-0.3, -0.25) is 9.59 Å². The number of benzene rings is 1. The average molecular weight is 369 g/mol. The summed E-state index contributed by atoms with van der Waals surface area (Å²) in [5, 5.41) is 0.620. The molecule has 1 aromatic carbocycles. The average Bonchev–Trinajstić information content (AvgIpc) is 3.07.